The van der Waals surface area contributed by atoms with Crippen molar-refractivity contribution in [3.05, 3.63) is 0 Å². The molecule has 2 aliphatic rings. The monoisotopic (exact) mass is 320 g/mol. The largest absolute Gasteiger partial charge is 0.389 e. The lowest BCUT2D eigenvalue weighted by atomic mass is 9.78. The molecule has 0 aromatic rings. The van der Waals surface area contributed by atoms with Crippen molar-refractivity contribution >= 4 is 0 Å². The summed E-state index contributed by atoms with van der Waals surface area (Å²) in [4.78, 5) is 0. The van der Waals surface area contributed by atoms with E-state index in [4.69, 9.17) is 0 Å². The number of unbranched alkanes of at least 4 members (excludes halogenated alkanes) is 1. The van der Waals surface area contributed by atoms with E-state index in [0.29, 0.717) is 0 Å². The van der Waals surface area contributed by atoms with E-state index in [2.05, 4.69) is 18.8 Å². The second-order valence-corrected chi connectivity index (χ2v) is 7.93. The van der Waals surface area contributed by atoms with E-state index in [9.17, 15) is 10.2 Å². The van der Waals surface area contributed by atoms with Gasteiger partial charge < -0.3 is 10.2 Å². The molecule has 0 spiro atoms. The summed E-state index contributed by atoms with van der Waals surface area (Å²) in [6, 6.07) is 0. The topological polar surface area (TPSA) is 40.5 Å². The van der Waals surface area contributed by atoms with Crippen molar-refractivity contribution in [3.8, 4) is 11.8 Å². The second kappa shape index (κ2) is 9.09. The fourth-order valence-electron chi connectivity index (χ4n) is 4.23. The van der Waals surface area contributed by atoms with Crippen LogP contribution >= 0.6 is 0 Å². The first-order valence-electron chi connectivity index (χ1n) is 10.1. The van der Waals surface area contributed by atoms with Crippen molar-refractivity contribution in [2.24, 2.45) is 5.92 Å². The maximum Gasteiger partial charge on any atom is 0.125 e. The van der Waals surface area contributed by atoms with Gasteiger partial charge in [0.25, 0.3) is 0 Å². The fraction of sp³-hybridized carbons (Fsp3) is 0.905. The minimum absolute atomic E-state index is 0.0350. The first-order valence-corrected chi connectivity index (χ1v) is 10.1. The molecule has 23 heavy (non-hydrogen) atoms. The zero-order valence-electron chi connectivity index (χ0n) is 15.1. The molecule has 0 aromatic heterocycles. The Hall–Kier alpha value is -0.520. The first kappa shape index (κ1) is 18.8. The van der Waals surface area contributed by atoms with E-state index in [1.54, 1.807) is 0 Å². The molecule has 0 aliphatic heterocycles. The van der Waals surface area contributed by atoms with Crippen molar-refractivity contribution in [2.75, 3.05) is 0 Å². The van der Waals surface area contributed by atoms with E-state index < -0.39 is 11.2 Å². The van der Waals surface area contributed by atoms with Gasteiger partial charge in [-0.15, -0.1) is 0 Å². The van der Waals surface area contributed by atoms with Crippen LogP contribution in [0.5, 0.6) is 0 Å². The molecule has 0 saturated heterocycles. The molecule has 2 N–H and O–H groups in total. The number of hydrogen-bond acceptors (Lipinski definition) is 2. The summed E-state index contributed by atoms with van der Waals surface area (Å²) >= 11 is 0. The van der Waals surface area contributed by atoms with Crippen LogP contribution in [0, 0.1) is 17.8 Å². The molecule has 1 unspecified atom stereocenters. The van der Waals surface area contributed by atoms with Gasteiger partial charge in [0, 0.05) is 5.92 Å². The van der Waals surface area contributed by atoms with Crippen molar-refractivity contribution in [2.45, 2.75) is 114 Å². The molecule has 2 saturated carbocycles. The number of hydrogen-bond donors (Lipinski definition) is 2. The first-order chi connectivity index (χ1) is 11.1. The Balaban J connectivity index is 2.12. The van der Waals surface area contributed by atoms with Crippen LogP contribution in [0.3, 0.4) is 0 Å². The Morgan fingerprint density at radius 2 is 1.35 bits per heavy atom. The van der Waals surface area contributed by atoms with Gasteiger partial charge >= 0.3 is 0 Å². The standard InChI is InChI=1S/C21H36O2/c1-2-3-12-19(21(23)16-10-6-7-11-17-21)13-18-20(22)14-8-4-5-9-15-20/h19,22-23H,2-12,14-17H2,1H3. The van der Waals surface area contributed by atoms with Crippen molar-refractivity contribution < 1.29 is 10.2 Å². The molecule has 2 aliphatic carbocycles. The second-order valence-electron chi connectivity index (χ2n) is 7.93. The van der Waals surface area contributed by atoms with Gasteiger partial charge in [0.15, 0.2) is 0 Å². The highest BCUT2D eigenvalue weighted by atomic mass is 16.3. The molecule has 1 atom stereocenters. The summed E-state index contributed by atoms with van der Waals surface area (Å²) in [5, 5.41) is 22.0. The van der Waals surface area contributed by atoms with Gasteiger partial charge in [-0.05, 0) is 44.9 Å². The summed E-state index contributed by atoms with van der Waals surface area (Å²) in [6.07, 6.45) is 15.9. The summed E-state index contributed by atoms with van der Waals surface area (Å²) in [6.45, 7) is 2.19. The molecule has 0 bridgehead atoms. The van der Waals surface area contributed by atoms with E-state index in [-0.39, 0.29) is 5.92 Å². The summed E-state index contributed by atoms with van der Waals surface area (Å²) in [5.74, 6) is 6.65. The molecule has 0 aromatic carbocycles. The number of aliphatic hydroxyl groups is 2. The predicted molar refractivity (Wildman–Crippen MR) is 96.1 cm³/mol. The molecular formula is C21H36O2. The Morgan fingerprint density at radius 3 is 1.87 bits per heavy atom. The lowest BCUT2D eigenvalue weighted by Gasteiger charge is -2.33. The Kier molecular flexibility index (Phi) is 7.44. The van der Waals surface area contributed by atoms with Gasteiger partial charge in [0.1, 0.15) is 5.60 Å². The van der Waals surface area contributed by atoms with Crippen LogP contribution in [0.25, 0.3) is 0 Å². The van der Waals surface area contributed by atoms with Crippen molar-refractivity contribution in [3.63, 3.8) is 0 Å². The zero-order chi connectivity index (χ0) is 16.6. The van der Waals surface area contributed by atoms with E-state index in [1.807, 2.05) is 0 Å². The highest BCUT2D eigenvalue weighted by Crippen LogP contribution is 2.36. The van der Waals surface area contributed by atoms with E-state index >= 15 is 0 Å². The van der Waals surface area contributed by atoms with Gasteiger partial charge in [-0.2, -0.15) is 0 Å². The molecule has 2 fully saturated rings. The molecular weight excluding hydrogens is 284 g/mol. The third-order valence-electron chi connectivity index (χ3n) is 5.87. The van der Waals surface area contributed by atoms with E-state index in [1.165, 1.54) is 25.7 Å². The lowest BCUT2D eigenvalue weighted by Crippen LogP contribution is -2.37. The Morgan fingerprint density at radius 1 is 0.826 bits per heavy atom. The van der Waals surface area contributed by atoms with Crippen LogP contribution in [0.2, 0.25) is 0 Å². The van der Waals surface area contributed by atoms with Gasteiger partial charge in [-0.1, -0.05) is 70.1 Å². The van der Waals surface area contributed by atoms with Gasteiger partial charge in [0.2, 0.25) is 0 Å². The van der Waals surface area contributed by atoms with Crippen LogP contribution in [-0.4, -0.2) is 21.4 Å². The van der Waals surface area contributed by atoms with Gasteiger partial charge in [-0.25, -0.2) is 0 Å². The smallest absolute Gasteiger partial charge is 0.125 e. The maximum atomic E-state index is 11.2. The van der Waals surface area contributed by atoms with Gasteiger partial charge in [-0.3, -0.25) is 0 Å². The van der Waals surface area contributed by atoms with Crippen LogP contribution in [0.15, 0.2) is 0 Å². The zero-order valence-corrected chi connectivity index (χ0v) is 15.1. The SMILES string of the molecule is CCCCC(C#CC1(O)CCCCCC1)C1(O)CCCCCC1. The molecule has 2 rings (SSSR count). The predicted octanol–water partition coefficient (Wildman–Crippen LogP) is 4.97. The highest BCUT2D eigenvalue weighted by molar-refractivity contribution is 5.19. The van der Waals surface area contributed by atoms with E-state index in [0.717, 1.165) is 70.6 Å². The highest BCUT2D eigenvalue weighted by Gasteiger charge is 2.36. The Bertz CT molecular complexity index is 388. The maximum absolute atomic E-state index is 11.2. The summed E-state index contributed by atoms with van der Waals surface area (Å²) in [7, 11) is 0. The van der Waals surface area contributed by atoms with Crippen LogP contribution in [0.4, 0.5) is 0 Å². The summed E-state index contributed by atoms with van der Waals surface area (Å²) in [5.41, 5.74) is -1.43. The number of rotatable bonds is 4. The minimum atomic E-state index is -0.804. The van der Waals surface area contributed by atoms with Gasteiger partial charge in [0.05, 0.1) is 5.60 Å². The third kappa shape index (κ3) is 5.80. The van der Waals surface area contributed by atoms with Crippen LogP contribution < -0.4 is 0 Å². The van der Waals surface area contributed by atoms with Crippen LogP contribution in [-0.2, 0) is 0 Å². The van der Waals surface area contributed by atoms with Crippen molar-refractivity contribution in [1.82, 2.24) is 0 Å². The van der Waals surface area contributed by atoms with Crippen LogP contribution in [0.1, 0.15) is 103 Å². The molecule has 0 amide bonds. The third-order valence-corrected chi connectivity index (χ3v) is 5.87. The molecule has 0 radical (unpaired) electrons. The normalized spacial score (nSPS) is 25.5. The fourth-order valence-corrected chi connectivity index (χ4v) is 4.23. The quantitative estimate of drug-likeness (QED) is 0.567. The molecule has 0 heterocycles. The summed E-state index contributed by atoms with van der Waals surface area (Å²) < 4.78 is 0. The Labute approximate surface area is 143 Å². The lowest BCUT2D eigenvalue weighted by molar-refractivity contribution is -0.0150. The average Bonchev–Trinajstić information content (AvgIpc) is 2.88. The molecule has 132 valence electrons. The average molecular weight is 321 g/mol. The minimum Gasteiger partial charge on any atom is -0.389 e. The molecule has 2 heteroatoms. The molecule has 2 nitrogen and oxygen atoms in total. The van der Waals surface area contributed by atoms with Crippen molar-refractivity contribution in [1.29, 1.82) is 0 Å².